The number of pyridine rings is 1. The van der Waals surface area contributed by atoms with Crippen LogP contribution in [0.4, 0.5) is 5.82 Å². The van der Waals surface area contributed by atoms with Gasteiger partial charge in [0.1, 0.15) is 11.6 Å². The van der Waals surface area contributed by atoms with Gasteiger partial charge in [-0.1, -0.05) is 12.1 Å². The highest BCUT2D eigenvalue weighted by Gasteiger charge is 2.11. The van der Waals surface area contributed by atoms with Gasteiger partial charge in [-0.25, -0.2) is 9.97 Å². The summed E-state index contributed by atoms with van der Waals surface area (Å²) in [7, 11) is 1.88. The van der Waals surface area contributed by atoms with E-state index in [9.17, 15) is 0 Å². The molecule has 108 valence electrons. The fourth-order valence-electron chi connectivity index (χ4n) is 2.47. The minimum Gasteiger partial charge on any atom is -0.383 e. The Hall–Kier alpha value is -3.15. The fraction of sp³-hybridized carbons (Fsp3) is 0.0625. The van der Waals surface area contributed by atoms with Gasteiger partial charge in [0.25, 0.3) is 0 Å². The van der Waals surface area contributed by atoms with Gasteiger partial charge in [-0.3, -0.25) is 4.68 Å². The lowest BCUT2D eigenvalue weighted by Crippen LogP contribution is -1.95. The molecule has 6 nitrogen and oxygen atoms in total. The minimum absolute atomic E-state index is 0.451. The Morgan fingerprint density at radius 1 is 1.14 bits per heavy atom. The molecular weight excluding hydrogens is 276 g/mol. The molecule has 0 spiro atoms. The highest BCUT2D eigenvalue weighted by molar-refractivity contribution is 5.83. The zero-order valence-corrected chi connectivity index (χ0v) is 12.0. The number of nitrogens with zero attached hydrogens (tertiary/aromatic N) is 4. The lowest BCUT2D eigenvalue weighted by atomic mass is 10.1. The van der Waals surface area contributed by atoms with Crippen molar-refractivity contribution in [3.8, 4) is 22.5 Å². The van der Waals surface area contributed by atoms with Gasteiger partial charge in [-0.05, 0) is 18.2 Å². The molecule has 0 bridgehead atoms. The van der Waals surface area contributed by atoms with E-state index in [1.165, 1.54) is 0 Å². The van der Waals surface area contributed by atoms with Crippen molar-refractivity contribution < 1.29 is 0 Å². The van der Waals surface area contributed by atoms with Crippen LogP contribution in [0.3, 0.4) is 0 Å². The second kappa shape index (κ2) is 4.70. The average Bonchev–Trinajstić information content (AvgIpc) is 3.13. The zero-order valence-electron chi connectivity index (χ0n) is 12.0. The fourth-order valence-corrected chi connectivity index (χ4v) is 2.47. The molecule has 1 aromatic carbocycles. The van der Waals surface area contributed by atoms with E-state index < -0.39 is 0 Å². The van der Waals surface area contributed by atoms with Crippen molar-refractivity contribution in [2.24, 2.45) is 7.05 Å². The summed E-state index contributed by atoms with van der Waals surface area (Å²) >= 11 is 0. The van der Waals surface area contributed by atoms with Gasteiger partial charge in [0.05, 0.1) is 22.8 Å². The molecule has 0 amide bonds. The lowest BCUT2D eigenvalue weighted by molar-refractivity contribution is 0.768. The van der Waals surface area contributed by atoms with Gasteiger partial charge in [0.15, 0.2) is 0 Å². The Morgan fingerprint density at radius 2 is 2.00 bits per heavy atom. The normalized spacial score (nSPS) is 11.1. The number of hydrogen-bond acceptors (Lipinski definition) is 4. The number of aromatic amines is 1. The van der Waals surface area contributed by atoms with E-state index in [-0.39, 0.29) is 0 Å². The molecule has 0 saturated carbocycles. The van der Waals surface area contributed by atoms with Crippen LogP contribution in [-0.4, -0.2) is 24.7 Å². The number of aryl methyl sites for hydroxylation is 1. The van der Waals surface area contributed by atoms with E-state index in [1.54, 1.807) is 17.1 Å². The van der Waals surface area contributed by atoms with E-state index in [0.717, 1.165) is 33.5 Å². The molecule has 0 unspecified atom stereocenters. The molecule has 0 aliphatic rings. The van der Waals surface area contributed by atoms with Crippen molar-refractivity contribution in [2.45, 2.75) is 0 Å². The monoisotopic (exact) mass is 290 g/mol. The molecule has 0 fully saturated rings. The molecule has 3 N–H and O–H groups in total. The first-order valence-electron chi connectivity index (χ1n) is 6.90. The van der Waals surface area contributed by atoms with Crippen molar-refractivity contribution in [1.29, 1.82) is 0 Å². The summed E-state index contributed by atoms with van der Waals surface area (Å²) in [6, 6.07) is 9.86. The number of fused-ring (bicyclic) bond motifs is 1. The van der Waals surface area contributed by atoms with Gasteiger partial charge in [-0.15, -0.1) is 0 Å². The quantitative estimate of drug-likeness (QED) is 0.594. The Morgan fingerprint density at radius 3 is 2.77 bits per heavy atom. The van der Waals surface area contributed by atoms with Crippen LogP contribution < -0.4 is 5.73 Å². The first-order valence-corrected chi connectivity index (χ1v) is 6.90. The molecule has 6 heteroatoms. The van der Waals surface area contributed by atoms with Crippen LogP contribution in [0.15, 0.2) is 48.9 Å². The predicted octanol–water partition coefficient (Wildman–Crippen LogP) is 2.61. The van der Waals surface area contributed by atoms with Crippen LogP contribution in [0, 0.1) is 0 Å². The summed E-state index contributed by atoms with van der Waals surface area (Å²) in [6.07, 6.45) is 5.49. The second-order valence-corrected chi connectivity index (χ2v) is 5.16. The lowest BCUT2D eigenvalue weighted by Gasteiger charge is -2.04. The SMILES string of the molecule is Cn1cc(-c2cnc(N)c(-c3nc4ccccc4[nH]3)c2)cn1. The molecule has 0 atom stereocenters. The van der Waals surface area contributed by atoms with Crippen LogP contribution in [0.5, 0.6) is 0 Å². The van der Waals surface area contributed by atoms with Crippen molar-refractivity contribution in [1.82, 2.24) is 24.7 Å². The van der Waals surface area contributed by atoms with Crippen LogP contribution in [-0.2, 0) is 7.05 Å². The Bertz CT molecular complexity index is 933. The van der Waals surface area contributed by atoms with Gasteiger partial charge < -0.3 is 10.7 Å². The van der Waals surface area contributed by atoms with E-state index in [1.807, 2.05) is 43.6 Å². The Balaban J connectivity index is 1.87. The Labute approximate surface area is 126 Å². The van der Waals surface area contributed by atoms with Crippen LogP contribution >= 0.6 is 0 Å². The van der Waals surface area contributed by atoms with Gasteiger partial charge >= 0.3 is 0 Å². The van der Waals surface area contributed by atoms with Crippen molar-refractivity contribution >= 4 is 16.9 Å². The number of nitrogens with two attached hydrogens (primary N) is 1. The maximum Gasteiger partial charge on any atom is 0.142 e. The van der Waals surface area contributed by atoms with Crippen LogP contribution in [0.25, 0.3) is 33.5 Å². The molecule has 0 aliphatic heterocycles. The summed E-state index contributed by atoms with van der Waals surface area (Å²) < 4.78 is 1.76. The molecule has 4 aromatic rings. The molecule has 0 saturated heterocycles. The van der Waals surface area contributed by atoms with Crippen LogP contribution in [0.1, 0.15) is 0 Å². The maximum atomic E-state index is 6.03. The van der Waals surface area contributed by atoms with Crippen molar-refractivity contribution in [3.63, 3.8) is 0 Å². The second-order valence-electron chi connectivity index (χ2n) is 5.16. The average molecular weight is 290 g/mol. The van der Waals surface area contributed by atoms with Crippen molar-refractivity contribution in [2.75, 3.05) is 5.73 Å². The predicted molar refractivity (Wildman–Crippen MR) is 85.9 cm³/mol. The molecule has 0 radical (unpaired) electrons. The third-order valence-electron chi connectivity index (χ3n) is 3.60. The summed E-state index contributed by atoms with van der Waals surface area (Å²) in [5.41, 5.74) is 10.7. The number of benzene rings is 1. The topological polar surface area (TPSA) is 85.4 Å². The Kier molecular flexibility index (Phi) is 2.69. The number of anilines is 1. The first-order chi connectivity index (χ1) is 10.7. The first kappa shape index (κ1) is 12.6. The molecule has 3 aromatic heterocycles. The maximum absolute atomic E-state index is 6.03. The summed E-state index contributed by atoms with van der Waals surface area (Å²) in [5, 5.41) is 4.19. The van der Waals surface area contributed by atoms with Gasteiger partial charge in [0, 0.05) is 30.6 Å². The summed E-state index contributed by atoms with van der Waals surface area (Å²) in [5.74, 6) is 1.17. The largest absolute Gasteiger partial charge is 0.383 e. The number of para-hydroxylation sites is 2. The standard InChI is InChI=1S/C16H14N6/c1-22-9-11(8-19-22)10-6-12(15(17)18-7-10)16-20-13-4-2-3-5-14(13)21-16/h2-9H,1H3,(H2,17,18)(H,20,21). The van der Waals surface area contributed by atoms with E-state index in [4.69, 9.17) is 5.73 Å². The number of nitrogen functional groups attached to an aromatic ring is 1. The highest BCUT2D eigenvalue weighted by atomic mass is 15.2. The number of H-pyrrole nitrogens is 1. The third kappa shape index (κ3) is 2.01. The number of nitrogens with one attached hydrogen (secondary N) is 1. The smallest absolute Gasteiger partial charge is 0.142 e. The van der Waals surface area contributed by atoms with E-state index >= 15 is 0 Å². The van der Waals surface area contributed by atoms with Gasteiger partial charge in [-0.2, -0.15) is 5.10 Å². The van der Waals surface area contributed by atoms with E-state index in [2.05, 4.69) is 20.1 Å². The molecular formula is C16H14N6. The number of imidazole rings is 1. The molecule has 4 rings (SSSR count). The molecule has 0 aliphatic carbocycles. The third-order valence-corrected chi connectivity index (χ3v) is 3.60. The zero-order chi connectivity index (χ0) is 15.1. The highest BCUT2D eigenvalue weighted by Crippen LogP contribution is 2.28. The summed E-state index contributed by atoms with van der Waals surface area (Å²) in [4.78, 5) is 12.2. The minimum atomic E-state index is 0.451. The van der Waals surface area contributed by atoms with Crippen molar-refractivity contribution in [3.05, 3.63) is 48.9 Å². The van der Waals surface area contributed by atoms with E-state index in [0.29, 0.717) is 5.82 Å². The van der Waals surface area contributed by atoms with Crippen LogP contribution in [0.2, 0.25) is 0 Å². The van der Waals surface area contributed by atoms with Gasteiger partial charge in [0.2, 0.25) is 0 Å². The number of rotatable bonds is 2. The molecule has 3 heterocycles. The summed E-state index contributed by atoms with van der Waals surface area (Å²) in [6.45, 7) is 0. The molecule has 22 heavy (non-hydrogen) atoms. The number of aromatic nitrogens is 5. The number of hydrogen-bond donors (Lipinski definition) is 2.